The maximum Gasteiger partial charge on any atom is 0.244 e. The van der Waals surface area contributed by atoms with Crippen molar-refractivity contribution >= 4 is 11.6 Å². The van der Waals surface area contributed by atoms with Crippen LogP contribution in [-0.4, -0.2) is 17.3 Å². The fourth-order valence-electron chi connectivity index (χ4n) is 2.60. The first kappa shape index (κ1) is 16.3. The van der Waals surface area contributed by atoms with Crippen LogP contribution in [0, 0.1) is 5.92 Å². The third-order valence-corrected chi connectivity index (χ3v) is 4.48. The first-order valence-electron chi connectivity index (χ1n) is 7.98. The van der Waals surface area contributed by atoms with Crippen LogP contribution >= 0.6 is 11.6 Å². The maximum absolute atomic E-state index is 6.30. The number of hydrogen-bond donors (Lipinski definition) is 1. The van der Waals surface area contributed by atoms with Crippen molar-refractivity contribution in [2.75, 3.05) is 7.11 Å². The van der Waals surface area contributed by atoms with Gasteiger partial charge in [-0.05, 0) is 30.9 Å². The summed E-state index contributed by atoms with van der Waals surface area (Å²) >= 11 is 6.30. The second kappa shape index (κ2) is 6.89. The van der Waals surface area contributed by atoms with Gasteiger partial charge >= 0.3 is 0 Å². The predicted octanol–water partition coefficient (Wildman–Crippen LogP) is 4.10. The fourth-order valence-corrected chi connectivity index (χ4v) is 2.84. The van der Waals surface area contributed by atoms with E-state index >= 15 is 0 Å². The van der Waals surface area contributed by atoms with Gasteiger partial charge in [-0.2, -0.15) is 4.98 Å². The lowest BCUT2D eigenvalue weighted by Gasteiger charge is -2.20. The van der Waals surface area contributed by atoms with Gasteiger partial charge in [0, 0.05) is 23.0 Å². The van der Waals surface area contributed by atoms with Gasteiger partial charge in [0.2, 0.25) is 5.89 Å². The monoisotopic (exact) mass is 335 g/mol. The third-order valence-electron chi connectivity index (χ3n) is 4.13. The Labute approximate surface area is 141 Å². The van der Waals surface area contributed by atoms with Gasteiger partial charge in [-0.3, -0.25) is 0 Å². The lowest BCUT2D eigenvalue weighted by atomic mass is 10.0. The number of halogens is 1. The van der Waals surface area contributed by atoms with Crippen molar-refractivity contribution in [3.8, 4) is 5.75 Å². The molecule has 1 unspecified atom stereocenters. The third kappa shape index (κ3) is 3.67. The number of hydrogen-bond acceptors (Lipinski definition) is 5. The molecule has 0 spiro atoms. The molecule has 2 aromatic rings. The highest BCUT2D eigenvalue weighted by atomic mass is 35.5. The van der Waals surface area contributed by atoms with Gasteiger partial charge in [0.15, 0.2) is 5.82 Å². The van der Waals surface area contributed by atoms with Crippen LogP contribution in [0.5, 0.6) is 5.75 Å². The van der Waals surface area contributed by atoms with Crippen LogP contribution in [0.4, 0.5) is 0 Å². The Bertz CT molecular complexity index is 668. The minimum Gasteiger partial charge on any atom is -0.496 e. The molecule has 1 saturated carbocycles. The van der Waals surface area contributed by atoms with Gasteiger partial charge in [-0.25, -0.2) is 0 Å². The minimum absolute atomic E-state index is 0.0176. The van der Waals surface area contributed by atoms with Crippen LogP contribution < -0.4 is 10.1 Å². The molecule has 124 valence electrons. The van der Waals surface area contributed by atoms with Crippen LogP contribution in [0.15, 0.2) is 22.7 Å². The van der Waals surface area contributed by atoms with E-state index in [1.165, 1.54) is 0 Å². The van der Waals surface area contributed by atoms with Crippen LogP contribution in [0.1, 0.15) is 55.9 Å². The van der Waals surface area contributed by atoms with Gasteiger partial charge in [-0.1, -0.05) is 36.7 Å². The highest BCUT2D eigenvalue weighted by Crippen LogP contribution is 2.38. The Balaban J connectivity index is 1.75. The highest BCUT2D eigenvalue weighted by Gasteiger charge is 2.31. The Hall–Kier alpha value is -1.59. The van der Waals surface area contributed by atoms with E-state index in [1.54, 1.807) is 7.11 Å². The van der Waals surface area contributed by atoms with Crippen molar-refractivity contribution in [1.29, 1.82) is 0 Å². The zero-order valence-corrected chi connectivity index (χ0v) is 14.4. The molecular formula is C17H22ClN3O2. The van der Waals surface area contributed by atoms with Crippen molar-refractivity contribution in [3.63, 3.8) is 0 Å². The van der Waals surface area contributed by atoms with Crippen molar-refractivity contribution < 1.29 is 9.26 Å². The van der Waals surface area contributed by atoms with Crippen LogP contribution in [0.2, 0.25) is 5.02 Å². The van der Waals surface area contributed by atoms with E-state index in [0.717, 1.165) is 30.0 Å². The lowest BCUT2D eigenvalue weighted by molar-refractivity contribution is 0.285. The Kier molecular flexibility index (Phi) is 4.87. The van der Waals surface area contributed by atoms with Crippen LogP contribution in [0.3, 0.4) is 0 Å². The summed E-state index contributed by atoms with van der Waals surface area (Å²) in [6, 6.07) is 5.63. The van der Waals surface area contributed by atoms with Crippen molar-refractivity contribution in [3.05, 3.63) is 40.5 Å². The van der Waals surface area contributed by atoms with E-state index in [4.69, 9.17) is 20.9 Å². The molecule has 0 amide bonds. The average molecular weight is 336 g/mol. The summed E-state index contributed by atoms with van der Waals surface area (Å²) in [6.45, 7) is 4.83. The first-order chi connectivity index (χ1) is 11.1. The quantitative estimate of drug-likeness (QED) is 0.825. The number of benzene rings is 1. The molecule has 3 rings (SSSR count). The SMILES string of the molecule is COc1cccc(Cl)c1CNC(c1nc(C2CC2)no1)C(C)C. The minimum atomic E-state index is -0.0176. The van der Waals surface area contributed by atoms with Gasteiger partial charge in [0.05, 0.1) is 13.2 Å². The topological polar surface area (TPSA) is 60.2 Å². The van der Waals surface area contributed by atoms with Crippen molar-refractivity contribution in [2.45, 2.75) is 45.2 Å². The molecule has 0 saturated heterocycles. The summed E-state index contributed by atoms with van der Waals surface area (Å²) in [5, 5.41) is 8.27. The molecule has 1 aromatic carbocycles. The summed E-state index contributed by atoms with van der Waals surface area (Å²) in [5.74, 6) is 3.06. The molecule has 23 heavy (non-hydrogen) atoms. The molecule has 1 aliphatic rings. The Morgan fingerprint density at radius 1 is 1.39 bits per heavy atom. The summed E-state index contributed by atoms with van der Waals surface area (Å²) in [5.41, 5.74) is 0.934. The fraction of sp³-hybridized carbons (Fsp3) is 0.529. The van der Waals surface area contributed by atoms with Crippen LogP contribution in [0.25, 0.3) is 0 Å². The van der Waals surface area contributed by atoms with E-state index in [2.05, 4.69) is 29.3 Å². The summed E-state index contributed by atoms with van der Waals surface area (Å²) in [6.07, 6.45) is 2.32. The van der Waals surface area contributed by atoms with E-state index < -0.39 is 0 Å². The molecule has 1 atom stereocenters. The number of nitrogens with one attached hydrogen (secondary N) is 1. The van der Waals surface area contributed by atoms with E-state index in [9.17, 15) is 0 Å². The molecule has 1 aromatic heterocycles. The number of aromatic nitrogens is 2. The first-order valence-corrected chi connectivity index (χ1v) is 8.36. The second-order valence-corrected chi connectivity index (χ2v) is 6.70. The van der Waals surface area contributed by atoms with E-state index in [-0.39, 0.29) is 6.04 Å². The van der Waals surface area contributed by atoms with Gasteiger partial charge in [0.1, 0.15) is 5.75 Å². The highest BCUT2D eigenvalue weighted by molar-refractivity contribution is 6.31. The smallest absolute Gasteiger partial charge is 0.244 e. The molecule has 1 aliphatic carbocycles. The summed E-state index contributed by atoms with van der Waals surface area (Å²) in [4.78, 5) is 4.57. The van der Waals surface area contributed by atoms with E-state index in [0.29, 0.717) is 29.3 Å². The molecule has 0 aliphatic heterocycles. The summed E-state index contributed by atoms with van der Waals surface area (Å²) in [7, 11) is 1.65. The van der Waals surface area contributed by atoms with Crippen molar-refractivity contribution in [2.24, 2.45) is 5.92 Å². The molecule has 1 fully saturated rings. The number of nitrogens with zero attached hydrogens (tertiary/aromatic N) is 2. The van der Waals surface area contributed by atoms with E-state index in [1.807, 2.05) is 18.2 Å². The van der Waals surface area contributed by atoms with Crippen LogP contribution in [-0.2, 0) is 6.54 Å². The molecule has 5 nitrogen and oxygen atoms in total. The predicted molar refractivity (Wildman–Crippen MR) is 88.7 cm³/mol. The molecule has 1 heterocycles. The standard InChI is InChI=1S/C17H22ClN3O2/c1-10(2)15(17-20-16(21-23-17)11-7-8-11)19-9-12-13(18)5-4-6-14(12)22-3/h4-6,10-11,15,19H,7-9H2,1-3H3. The Morgan fingerprint density at radius 2 is 2.17 bits per heavy atom. The molecule has 0 bridgehead atoms. The number of rotatable bonds is 7. The normalized spacial score (nSPS) is 15.9. The van der Waals surface area contributed by atoms with Gasteiger partial charge < -0.3 is 14.6 Å². The molecule has 6 heteroatoms. The zero-order valence-electron chi connectivity index (χ0n) is 13.7. The number of ether oxygens (including phenoxy) is 1. The average Bonchev–Trinajstić information content (AvgIpc) is 3.27. The zero-order chi connectivity index (χ0) is 16.4. The second-order valence-electron chi connectivity index (χ2n) is 6.29. The summed E-state index contributed by atoms with van der Waals surface area (Å²) < 4.78 is 10.9. The van der Waals surface area contributed by atoms with Gasteiger partial charge in [0.25, 0.3) is 0 Å². The largest absolute Gasteiger partial charge is 0.496 e. The molecular weight excluding hydrogens is 314 g/mol. The molecule has 1 N–H and O–H groups in total. The Morgan fingerprint density at radius 3 is 2.83 bits per heavy atom. The lowest BCUT2D eigenvalue weighted by Crippen LogP contribution is -2.26. The molecule has 0 radical (unpaired) electrons. The van der Waals surface area contributed by atoms with Gasteiger partial charge in [-0.15, -0.1) is 0 Å². The van der Waals surface area contributed by atoms with Crippen molar-refractivity contribution in [1.82, 2.24) is 15.5 Å². The number of methoxy groups -OCH3 is 1. The maximum atomic E-state index is 6.30.